The molecular formula is C21H26N2O2S2. The van der Waals surface area contributed by atoms with Crippen molar-refractivity contribution in [3.8, 4) is 5.75 Å². The van der Waals surface area contributed by atoms with E-state index in [4.69, 9.17) is 4.74 Å². The molecule has 0 saturated carbocycles. The first-order valence-electron chi connectivity index (χ1n) is 9.00. The Bertz CT molecular complexity index is 759. The van der Waals surface area contributed by atoms with Crippen LogP contribution in [0.3, 0.4) is 0 Å². The first-order valence-corrected chi connectivity index (χ1v) is 11.1. The molecule has 0 spiro atoms. The second-order valence-electron chi connectivity index (χ2n) is 6.66. The van der Waals surface area contributed by atoms with Gasteiger partial charge in [0.05, 0.1) is 17.7 Å². The average Bonchev–Trinajstić information content (AvgIpc) is 3.23. The highest BCUT2D eigenvalue weighted by Gasteiger charge is 2.19. The molecule has 1 atom stereocenters. The number of benzene rings is 2. The van der Waals surface area contributed by atoms with Gasteiger partial charge in [0.25, 0.3) is 5.91 Å². The van der Waals surface area contributed by atoms with Crippen molar-refractivity contribution in [2.45, 2.75) is 10.6 Å². The predicted octanol–water partition coefficient (Wildman–Crippen LogP) is 4.21. The highest BCUT2D eigenvalue weighted by atomic mass is 32.2. The summed E-state index contributed by atoms with van der Waals surface area (Å²) in [6, 6.07) is 16.1. The maximum Gasteiger partial charge on any atom is 0.251 e. The molecule has 1 unspecified atom stereocenters. The van der Waals surface area contributed by atoms with Crippen molar-refractivity contribution in [3.63, 3.8) is 0 Å². The van der Waals surface area contributed by atoms with Gasteiger partial charge in [-0.2, -0.15) is 0 Å². The van der Waals surface area contributed by atoms with Gasteiger partial charge in [-0.25, -0.2) is 0 Å². The van der Waals surface area contributed by atoms with Crippen molar-refractivity contribution >= 4 is 29.4 Å². The van der Waals surface area contributed by atoms with Gasteiger partial charge in [-0.3, -0.25) is 4.79 Å². The molecular weight excluding hydrogens is 376 g/mol. The lowest BCUT2D eigenvalue weighted by atomic mass is 10.1. The van der Waals surface area contributed by atoms with E-state index in [1.54, 1.807) is 7.11 Å². The Labute approximate surface area is 170 Å². The molecule has 2 aromatic carbocycles. The number of thioether (sulfide) groups is 2. The molecule has 0 aliphatic carbocycles. The maximum absolute atomic E-state index is 12.6. The summed E-state index contributed by atoms with van der Waals surface area (Å²) >= 11 is 3.95. The van der Waals surface area contributed by atoms with Gasteiger partial charge in [-0.15, -0.1) is 23.5 Å². The number of carbonyl (C=O) groups excluding carboxylic acids is 1. The van der Waals surface area contributed by atoms with Crippen molar-refractivity contribution in [1.29, 1.82) is 0 Å². The zero-order valence-electron chi connectivity index (χ0n) is 16.0. The maximum atomic E-state index is 12.6. The Kier molecular flexibility index (Phi) is 7.10. The highest BCUT2D eigenvalue weighted by Crippen LogP contribution is 2.45. The Morgan fingerprint density at radius 2 is 1.89 bits per heavy atom. The van der Waals surface area contributed by atoms with E-state index in [-0.39, 0.29) is 11.9 Å². The molecule has 0 radical (unpaired) electrons. The van der Waals surface area contributed by atoms with Crippen LogP contribution >= 0.6 is 23.5 Å². The van der Waals surface area contributed by atoms with Crippen LogP contribution in [0.1, 0.15) is 32.1 Å². The normalized spacial score (nSPS) is 15.7. The monoisotopic (exact) mass is 402 g/mol. The van der Waals surface area contributed by atoms with Crippen LogP contribution in [0, 0.1) is 0 Å². The number of methoxy groups -OCH3 is 1. The third-order valence-corrected chi connectivity index (χ3v) is 7.73. The Hall–Kier alpha value is -1.63. The standard InChI is InChI=1S/C21H26N2O2S2/c1-23(2)19(17-5-4-6-18(13-17)25-3)14-22-20(24)15-7-9-16(10-8-15)21-26-11-12-27-21/h4-10,13,19,21H,11-12,14H2,1-3H3,(H,22,24). The van der Waals surface area contributed by atoms with E-state index in [0.717, 1.165) is 11.3 Å². The minimum atomic E-state index is -0.0389. The molecule has 27 heavy (non-hydrogen) atoms. The molecule has 2 aromatic rings. The smallest absolute Gasteiger partial charge is 0.251 e. The van der Waals surface area contributed by atoms with E-state index in [1.807, 2.05) is 68.0 Å². The van der Waals surface area contributed by atoms with E-state index in [2.05, 4.69) is 28.4 Å². The number of likely N-dealkylation sites (N-methyl/N-ethyl adjacent to an activating group) is 1. The summed E-state index contributed by atoms with van der Waals surface area (Å²) in [6.07, 6.45) is 0. The number of rotatable bonds is 7. The van der Waals surface area contributed by atoms with Gasteiger partial charge < -0.3 is 15.0 Å². The highest BCUT2D eigenvalue weighted by molar-refractivity contribution is 8.19. The van der Waals surface area contributed by atoms with Gasteiger partial charge in [-0.05, 0) is 49.5 Å². The summed E-state index contributed by atoms with van der Waals surface area (Å²) in [6.45, 7) is 0.537. The van der Waals surface area contributed by atoms with E-state index in [9.17, 15) is 4.79 Å². The first kappa shape index (κ1) is 20.1. The molecule has 0 aromatic heterocycles. The van der Waals surface area contributed by atoms with Crippen molar-refractivity contribution in [1.82, 2.24) is 10.2 Å². The second-order valence-corrected chi connectivity index (χ2v) is 9.39. The van der Waals surface area contributed by atoms with E-state index in [1.165, 1.54) is 17.1 Å². The average molecular weight is 403 g/mol. The van der Waals surface area contributed by atoms with Crippen molar-refractivity contribution < 1.29 is 9.53 Å². The third-order valence-electron chi connectivity index (χ3n) is 4.62. The van der Waals surface area contributed by atoms with Crippen LogP contribution in [0.15, 0.2) is 48.5 Å². The molecule has 144 valence electrons. The molecule has 1 aliphatic heterocycles. The summed E-state index contributed by atoms with van der Waals surface area (Å²) in [5.41, 5.74) is 3.11. The zero-order chi connectivity index (χ0) is 19.2. The number of amides is 1. The van der Waals surface area contributed by atoms with Crippen LogP contribution in [-0.4, -0.2) is 50.1 Å². The summed E-state index contributed by atoms with van der Waals surface area (Å²) in [5, 5.41) is 3.07. The Balaban J connectivity index is 1.63. The number of hydrogen-bond donors (Lipinski definition) is 1. The van der Waals surface area contributed by atoms with Gasteiger partial charge in [0.15, 0.2) is 0 Å². The van der Waals surface area contributed by atoms with Crippen LogP contribution in [0.25, 0.3) is 0 Å². The largest absolute Gasteiger partial charge is 0.497 e. The molecule has 3 rings (SSSR count). The minimum absolute atomic E-state index is 0.0389. The van der Waals surface area contributed by atoms with Gasteiger partial charge in [0, 0.05) is 23.6 Å². The van der Waals surface area contributed by atoms with Gasteiger partial charge in [-0.1, -0.05) is 24.3 Å². The molecule has 1 heterocycles. The number of hydrogen-bond acceptors (Lipinski definition) is 5. The lowest BCUT2D eigenvalue weighted by Gasteiger charge is -2.25. The topological polar surface area (TPSA) is 41.6 Å². The zero-order valence-corrected chi connectivity index (χ0v) is 17.6. The van der Waals surface area contributed by atoms with E-state index >= 15 is 0 Å². The lowest BCUT2D eigenvalue weighted by Crippen LogP contribution is -2.34. The van der Waals surface area contributed by atoms with E-state index in [0.29, 0.717) is 16.7 Å². The molecule has 0 bridgehead atoms. The summed E-state index contributed by atoms with van der Waals surface area (Å²) in [4.78, 5) is 14.7. The fourth-order valence-corrected chi connectivity index (χ4v) is 5.94. The quantitative estimate of drug-likeness (QED) is 0.751. The van der Waals surface area contributed by atoms with Gasteiger partial charge in [0.2, 0.25) is 0 Å². The Morgan fingerprint density at radius 3 is 2.52 bits per heavy atom. The lowest BCUT2D eigenvalue weighted by molar-refractivity contribution is 0.0942. The molecule has 1 fully saturated rings. The van der Waals surface area contributed by atoms with Crippen LogP contribution in [0.4, 0.5) is 0 Å². The van der Waals surface area contributed by atoms with Crippen molar-refractivity contribution in [3.05, 3.63) is 65.2 Å². The summed E-state index contributed by atoms with van der Waals surface area (Å²) in [5.74, 6) is 3.19. The van der Waals surface area contributed by atoms with Crippen LogP contribution in [-0.2, 0) is 0 Å². The number of ether oxygens (including phenoxy) is 1. The van der Waals surface area contributed by atoms with Gasteiger partial charge >= 0.3 is 0 Å². The number of nitrogens with one attached hydrogen (secondary N) is 1. The molecule has 6 heteroatoms. The van der Waals surface area contributed by atoms with Crippen molar-refractivity contribution in [2.24, 2.45) is 0 Å². The van der Waals surface area contributed by atoms with Gasteiger partial charge in [0.1, 0.15) is 5.75 Å². The molecule has 1 aliphatic rings. The fraction of sp³-hybridized carbons (Fsp3) is 0.381. The number of carbonyl (C=O) groups is 1. The fourth-order valence-electron chi connectivity index (χ4n) is 3.08. The van der Waals surface area contributed by atoms with Crippen LogP contribution in [0.5, 0.6) is 5.75 Å². The van der Waals surface area contributed by atoms with Crippen molar-refractivity contribution in [2.75, 3.05) is 39.3 Å². The SMILES string of the molecule is COc1cccc(C(CNC(=O)c2ccc(C3SCCS3)cc2)N(C)C)c1. The molecule has 1 saturated heterocycles. The minimum Gasteiger partial charge on any atom is -0.497 e. The first-order chi connectivity index (χ1) is 13.1. The molecule has 1 N–H and O–H groups in total. The molecule has 4 nitrogen and oxygen atoms in total. The Morgan fingerprint density at radius 1 is 1.19 bits per heavy atom. The predicted molar refractivity (Wildman–Crippen MR) is 116 cm³/mol. The summed E-state index contributed by atoms with van der Waals surface area (Å²) in [7, 11) is 5.70. The molecule has 1 amide bonds. The second kappa shape index (κ2) is 9.53. The third kappa shape index (κ3) is 5.21. The summed E-state index contributed by atoms with van der Waals surface area (Å²) < 4.78 is 5.83. The number of nitrogens with zero attached hydrogens (tertiary/aromatic N) is 1. The van der Waals surface area contributed by atoms with Crippen LogP contribution < -0.4 is 10.1 Å². The van der Waals surface area contributed by atoms with Crippen LogP contribution in [0.2, 0.25) is 0 Å². The van der Waals surface area contributed by atoms with E-state index < -0.39 is 0 Å².